The van der Waals surface area contributed by atoms with Crippen LogP contribution in [0, 0.1) is 52.3 Å². The van der Waals surface area contributed by atoms with Gasteiger partial charge in [0.05, 0.1) is 0 Å². The largest absolute Gasteiger partial charge is 0.413 e. The molecule has 0 saturated heterocycles. The van der Waals surface area contributed by atoms with Crippen molar-refractivity contribution < 1.29 is 26.4 Å². The topological polar surface area (TPSA) is 9.23 Å². The lowest BCUT2D eigenvalue weighted by Gasteiger charge is -2.57. The Balaban J connectivity index is 1.49. The van der Waals surface area contributed by atoms with E-state index >= 15 is 0 Å². The number of benzene rings is 1. The van der Waals surface area contributed by atoms with Gasteiger partial charge in [0.25, 0.3) is 0 Å². The second kappa shape index (κ2) is 6.54. The molecule has 0 amide bonds. The van der Waals surface area contributed by atoms with Crippen LogP contribution in [-0.2, 0) is 4.43 Å². The van der Waals surface area contributed by atoms with Gasteiger partial charge in [-0.15, -0.1) is 0 Å². The Hall–Kier alpha value is -0.953. The first-order valence-corrected chi connectivity index (χ1v) is 12.7. The maximum atomic E-state index is 14.2. The summed E-state index contributed by atoms with van der Waals surface area (Å²) >= 11 is 0. The summed E-state index contributed by atoms with van der Waals surface area (Å²) in [6, 6.07) is 0. The summed E-state index contributed by atoms with van der Waals surface area (Å²) < 4.78 is 74.7. The Bertz CT molecular complexity index is 699. The lowest BCUT2D eigenvalue weighted by atomic mass is 9.49. The zero-order valence-electron chi connectivity index (χ0n) is 15.7. The van der Waals surface area contributed by atoms with Crippen LogP contribution in [0.4, 0.5) is 22.0 Å². The van der Waals surface area contributed by atoms with Crippen molar-refractivity contribution in [3.05, 3.63) is 29.1 Å². The lowest BCUT2D eigenvalue weighted by Crippen LogP contribution is -2.51. The maximum Gasteiger partial charge on any atom is 0.224 e. The molecule has 4 aliphatic rings. The molecule has 150 valence electrons. The van der Waals surface area contributed by atoms with Crippen molar-refractivity contribution in [3.8, 4) is 0 Å². The molecule has 5 rings (SSSR count). The van der Waals surface area contributed by atoms with Crippen molar-refractivity contribution in [2.75, 3.05) is 6.61 Å². The van der Waals surface area contributed by atoms with Crippen LogP contribution in [0.25, 0.3) is 0 Å². The van der Waals surface area contributed by atoms with Crippen LogP contribution in [0.15, 0.2) is 0 Å². The molecule has 4 bridgehead atoms. The molecule has 0 N–H and O–H groups in total. The minimum atomic E-state index is -3.29. The zero-order valence-corrected chi connectivity index (χ0v) is 16.7. The van der Waals surface area contributed by atoms with E-state index in [1.54, 1.807) is 0 Å². The number of rotatable bonds is 5. The normalized spacial score (nSPS) is 32.3. The van der Waals surface area contributed by atoms with Crippen molar-refractivity contribution in [3.63, 3.8) is 0 Å². The Morgan fingerprint density at radius 2 is 1.19 bits per heavy atom. The summed E-state index contributed by atoms with van der Waals surface area (Å²) in [5.41, 5.74) is 0.246. The predicted molar refractivity (Wildman–Crippen MR) is 94.5 cm³/mol. The average Bonchev–Trinajstić information content (AvgIpc) is 2.56. The van der Waals surface area contributed by atoms with E-state index in [0.29, 0.717) is 6.61 Å². The van der Waals surface area contributed by atoms with Crippen LogP contribution in [0.1, 0.15) is 44.9 Å². The predicted octanol–water partition coefficient (Wildman–Crippen LogP) is 5.42. The summed E-state index contributed by atoms with van der Waals surface area (Å²) in [7, 11) is -3.29. The molecule has 0 aromatic heterocycles. The van der Waals surface area contributed by atoms with E-state index in [0.717, 1.165) is 24.2 Å². The standard InChI is InChI=1S/C20H25F5OSi/c1-27(2,19-17(24)15(22)14(21)16(23)18(19)25)26-4-3-20-8-11-5-12(9-20)7-13(6-11)10-20/h11-13H,3-10H2,1-2H3. The fourth-order valence-electron chi connectivity index (χ4n) is 6.32. The zero-order chi connectivity index (χ0) is 19.6. The van der Waals surface area contributed by atoms with Crippen LogP contribution in [0.3, 0.4) is 0 Å². The van der Waals surface area contributed by atoms with Crippen LogP contribution < -0.4 is 5.19 Å². The van der Waals surface area contributed by atoms with E-state index in [9.17, 15) is 22.0 Å². The third-order valence-electron chi connectivity index (χ3n) is 7.07. The van der Waals surface area contributed by atoms with Crippen molar-refractivity contribution in [2.45, 2.75) is 58.0 Å². The van der Waals surface area contributed by atoms with Crippen LogP contribution in [-0.4, -0.2) is 14.9 Å². The minimum absolute atomic E-state index is 0.246. The van der Waals surface area contributed by atoms with E-state index < -0.39 is 42.6 Å². The van der Waals surface area contributed by atoms with E-state index in [1.807, 2.05) is 0 Å². The molecule has 4 fully saturated rings. The third-order valence-corrected chi connectivity index (χ3v) is 9.64. The molecule has 0 heterocycles. The first-order valence-electron chi connectivity index (χ1n) is 9.78. The van der Waals surface area contributed by atoms with E-state index in [1.165, 1.54) is 51.6 Å². The van der Waals surface area contributed by atoms with Crippen LogP contribution >= 0.6 is 0 Å². The second-order valence-corrected chi connectivity index (χ2v) is 13.3. The molecule has 7 heteroatoms. The Morgan fingerprint density at radius 1 is 0.778 bits per heavy atom. The molecular weight excluding hydrogens is 379 g/mol. The highest BCUT2D eigenvalue weighted by molar-refractivity contribution is 6.84. The highest BCUT2D eigenvalue weighted by Crippen LogP contribution is 2.61. The van der Waals surface area contributed by atoms with Gasteiger partial charge in [0.1, 0.15) is 0 Å². The van der Waals surface area contributed by atoms with Gasteiger partial charge in [-0.05, 0) is 81.2 Å². The van der Waals surface area contributed by atoms with Crippen LogP contribution in [0.2, 0.25) is 13.1 Å². The van der Waals surface area contributed by atoms with Crippen molar-refractivity contribution in [2.24, 2.45) is 23.2 Å². The fourth-order valence-corrected chi connectivity index (χ4v) is 8.36. The minimum Gasteiger partial charge on any atom is -0.413 e. The van der Waals surface area contributed by atoms with E-state index in [2.05, 4.69) is 0 Å². The molecule has 4 aliphatic carbocycles. The molecule has 4 saturated carbocycles. The monoisotopic (exact) mass is 404 g/mol. The molecule has 0 radical (unpaired) electrons. The van der Waals surface area contributed by atoms with Crippen LogP contribution in [0.5, 0.6) is 0 Å². The van der Waals surface area contributed by atoms with Gasteiger partial charge < -0.3 is 4.43 Å². The van der Waals surface area contributed by atoms with Crippen molar-refractivity contribution >= 4 is 13.5 Å². The van der Waals surface area contributed by atoms with Crippen molar-refractivity contribution in [1.29, 1.82) is 0 Å². The molecule has 0 spiro atoms. The summed E-state index contributed by atoms with van der Waals surface area (Å²) in [6.07, 6.45) is 8.34. The Morgan fingerprint density at radius 3 is 1.63 bits per heavy atom. The van der Waals surface area contributed by atoms with Gasteiger partial charge in [-0.25, -0.2) is 22.0 Å². The summed E-state index contributed by atoms with van der Waals surface area (Å²) in [4.78, 5) is 0. The van der Waals surface area contributed by atoms with Gasteiger partial charge in [-0.1, -0.05) is 0 Å². The SMILES string of the molecule is C[Si](C)(OCCC12CC3CC(CC(C3)C1)C2)c1c(F)c(F)c(F)c(F)c1F. The van der Waals surface area contributed by atoms with Gasteiger partial charge in [-0.2, -0.15) is 0 Å². The number of hydrogen-bond donors (Lipinski definition) is 0. The summed E-state index contributed by atoms with van der Waals surface area (Å²) in [5.74, 6) is -7.05. The molecule has 1 aromatic rings. The molecule has 0 unspecified atom stereocenters. The molecule has 1 aromatic carbocycles. The van der Waals surface area contributed by atoms with Crippen molar-refractivity contribution in [1.82, 2.24) is 0 Å². The lowest BCUT2D eigenvalue weighted by molar-refractivity contribution is -0.0625. The third kappa shape index (κ3) is 3.24. The highest BCUT2D eigenvalue weighted by Gasteiger charge is 2.50. The quantitative estimate of drug-likeness (QED) is 0.276. The molecule has 27 heavy (non-hydrogen) atoms. The van der Waals surface area contributed by atoms with E-state index in [4.69, 9.17) is 4.43 Å². The Kier molecular flexibility index (Phi) is 4.69. The molecule has 1 nitrogen and oxygen atoms in total. The maximum absolute atomic E-state index is 14.2. The highest BCUT2D eigenvalue weighted by atomic mass is 28.4. The molecule has 0 atom stereocenters. The van der Waals surface area contributed by atoms with Gasteiger partial charge in [0.15, 0.2) is 23.3 Å². The number of halogens is 5. The molecular formula is C20H25F5OSi. The van der Waals surface area contributed by atoms with Gasteiger partial charge in [0, 0.05) is 11.8 Å². The number of hydrogen-bond acceptors (Lipinski definition) is 1. The summed E-state index contributed by atoms with van der Waals surface area (Å²) in [6.45, 7) is 3.29. The second-order valence-electron chi connectivity index (χ2n) is 9.47. The van der Waals surface area contributed by atoms with E-state index in [-0.39, 0.29) is 5.41 Å². The first-order chi connectivity index (χ1) is 12.6. The van der Waals surface area contributed by atoms with Gasteiger partial charge in [-0.3, -0.25) is 0 Å². The Labute approximate surface area is 157 Å². The summed E-state index contributed by atoms with van der Waals surface area (Å²) in [5, 5.41) is -0.760. The first kappa shape index (κ1) is 19.4. The average molecular weight is 404 g/mol. The van der Waals surface area contributed by atoms with Gasteiger partial charge in [0.2, 0.25) is 14.1 Å². The van der Waals surface area contributed by atoms with Gasteiger partial charge >= 0.3 is 0 Å². The molecule has 0 aliphatic heterocycles. The smallest absolute Gasteiger partial charge is 0.224 e. The fraction of sp³-hybridized carbons (Fsp3) is 0.700.